The van der Waals surface area contributed by atoms with Gasteiger partial charge in [0.25, 0.3) is 10.0 Å². The van der Waals surface area contributed by atoms with Gasteiger partial charge in [-0.15, -0.1) is 0 Å². The summed E-state index contributed by atoms with van der Waals surface area (Å²) in [5, 5.41) is 0. The summed E-state index contributed by atoms with van der Waals surface area (Å²) in [6.07, 6.45) is -3.96. The van der Waals surface area contributed by atoms with E-state index in [1.165, 1.54) is 10.4 Å². The van der Waals surface area contributed by atoms with Crippen molar-refractivity contribution in [3.05, 3.63) is 59.2 Å². The first-order valence-corrected chi connectivity index (χ1v) is 10.5. The molecule has 8 heteroatoms. The summed E-state index contributed by atoms with van der Waals surface area (Å²) in [4.78, 5) is 1.83. The van der Waals surface area contributed by atoms with Crippen molar-refractivity contribution in [1.82, 2.24) is 4.90 Å². The minimum atomic E-state index is -4.60. The van der Waals surface area contributed by atoms with Crippen LogP contribution in [-0.4, -0.2) is 39.5 Å². The van der Waals surface area contributed by atoms with Crippen molar-refractivity contribution in [3.8, 4) is 0 Å². The van der Waals surface area contributed by atoms with E-state index in [0.29, 0.717) is 12.1 Å². The van der Waals surface area contributed by atoms with Gasteiger partial charge in [-0.2, -0.15) is 13.2 Å². The number of anilines is 1. The van der Waals surface area contributed by atoms with Crippen molar-refractivity contribution in [2.75, 3.05) is 24.4 Å². The number of benzene rings is 2. The van der Waals surface area contributed by atoms with Crippen LogP contribution in [0.1, 0.15) is 29.0 Å². The third-order valence-corrected chi connectivity index (χ3v) is 7.45. The van der Waals surface area contributed by atoms with Crippen LogP contribution in [0.2, 0.25) is 0 Å². The maximum atomic E-state index is 13.4. The molecule has 1 saturated heterocycles. The third kappa shape index (κ3) is 3.08. The smallest absolute Gasteiger partial charge is 0.306 e. The Morgan fingerprint density at radius 1 is 1.11 bits per heavy atom. The second-order valence-electron chi connectivity index (χ2n) is 7.61. The molecule has 2 aromatic carbocycles. The SMILES string of the molecule is Cc1ccc2c(c1)[C@H]1CN(C)CC[C@H]1N2S(=O)(=O)c1cccc(C(F)(F)F)c1. The molecule has 2 heterocycles. The number of hydrogen-bond donors (Lipinski definition) is 0. The van der Waals surface area contributed by atoms with Gasteiger partial charge >= 0.3 is 6.18 Å². The highest BCUT2D eigenvalue weighted by atomic mass is 32.2. The second-order valence-corrected chi connectivity index (χ2v) is 9.43. The summed E-state index contributed by atoms with van der Waals surface area (Å²) >= 11 is 0. The molecule has 0 saturated carbocycles. The zero-order valence-corrected chi connectivity index (χ0v) is 16.4. The fourth-order valence-electron chi connectivity index (χ4n) is 4.29. The molecule has 28 heavy (non-hydrogen) atoms. The molecule has 0 unspecified atom stereocenters. The minimum absolute atomic E-state index is 0.00854. The topological polar surface area (TPSA) is 40.6 Å². The van der Waals surface area contributed by atoms with E-state index in [1.54, 1.807) is 6.07 Å². The molecule has 1 fully saturated rings. The molecule has 0 aliphatic carbocycles. The Balaban J connectivity index is 1.84. The highest BCUT2D eigenvalue weighted by molar-refractivity contribution is 7.92. The minimum Gasteiger partial charge on any atom is -0.306 e. The van der Waals surface area contributed by atoms with Crippen molar-refractivity contribution < 1.29 is 21.6 Å². The first-order valence-electron chi connectivity index (χ1n) is 9.10. The van der Waals surface area contributed by atoms with Crippen LogP contribution in [0.4, 0.5) is 18.9 Å². The number of hydrogen-bond acceptors (Lipinski definition) is 3. The number of aryl methyl sites for hydroxylation is 1. The van der Waals surface area contributed by atoms with Crippen LogP contribution in [0, 0.1) is 6.92 Å². The second kappa shape index (κ2) is 6.49. The molecule has 0 radical (unpaired) electrons. The number of piperidine rings is 1. The summed E-state index contributed by atoms with van der Waals surface area (Å²) in [6, 6.07) is 9.32. The Labute approximate surface area is 162 Å². The molecule has 4 nitrogen and oxygen atoms in total. The van der Waals surface area contributed by atoms with Gasteiger partial charge in [-0.05, 0) is 56.8 Å². The summed E-state index contributed by atoms with van der Waals surface area (Å²) in [5.74, 6) is 0.00854. The number of likely N-dealkylation sites (tertiary alicyclic amines) is 1. The van der Waals surface area contributed by atoms with E-state index in [1.807, 2.05) is 26.1 Å². The van der Waals surface area contributed by atoms with Crippen LogP contribution in [0.15, 0.2) is 47.4 Å². The van der Waals surface area contributed by atoms with Crippen molar-refractivity contribution in [3.63, 3.8) is 0 Å². The first-order chi connectivity index (χ1) is 13.1. The molecule has 150 valence electrons. The average Bonchev–Trinajstić information content (AvgIpc) is 2.95. The number of fused-ring (bicyclic) bond motifs is 3. The Kier molecular flexibility index (Phi) is 4.46. The molecule has 2 aliphatic heterocycles. The molecule has 4 rings (SSSR count). The maximum Gasteiger partial charge on any atom is 0.416 e. The predicted molar refractivity (Wildman–Crippen MR) is 101 cm³/mol. The quantitative estimate of drug-likeness (QED) is 0.751. The number of nitrogens with zero attached hydrogens (tertiary/aromatic N) is 2. The molecule has 0 spiro atoms. The van der Waals surface area contributed by atoms with Crippen molar-refractivity contribution in [1.29, 1.82) is 0 Å². The highest BCUT2D eigenvalue weighted by Gasteiger charge is 2.47. The highest BCUT2D eigenvalue weighted by Crippen LogP contribution is 2.47. The standard InChI is InChI=1S/C20H21F3N2O2S/c1-13-6-7-18-16(10-13)17-12-24(2)9-8-19(17)25(18)28(26,27)15-5-3-4-14(11-15)20(21,22)23/h3-7,10-11,17,19H,8-9,12H2,1-2H3/t17-,19-/m1/s1. The van der Waals surface area contributed by atoms with Gasteiger partial charge < -0.3 is 4.90 Å². The molecule has 2 aromatic rings. The van der Waals surface area contributed by atoms with Crippen LogP contribution >= 0.6 is 0 Å². The molecule has 2 aliphatic rings. The Hall–Kier alpha value is -2.06. The van der Waals surface area contributed by atoms with E-state index >= 15 is 0 Å². The molecule has 2 atom stereocenters. The lowest BCUT2D eigenvalue weighted by Crippen LogP contribution is -2.47. The Morgan fingerprint density at radius 2 is 1.86 bits per heavy atom. The molecular weight excluding hydrogens is 389 g/mol. The number of alkyl halides is 3. The lowest BCUT2D eigenvalue weighted by atomic mass is 9.89. The van der Waals surface area contributed by atoms with Gasteiger partial charge in [0, 0.05) is 12.5 Å². The van der Waals surface area contributed by atoms with E-state index in [4.69, 9.17) is 0 Å². The number of rotatable bonds is 2. The van der Waals surface area contributed by atoms with Crippen molar-refractivity contribution >= 4 is 15.7 Å². The van der Waals surface area contributed by atoms with Crippen LogP contribution in [0.3, 0.4) is 0 Å². The molecule has 0 bridgehead atoms. The molecule has 0 N–H and O–H groups in total. The van der Waals surface area contributed by atoms with Gasteiger partial charge in [0.05, 0.1) is 22.2 Å². The number of sulfonamides is 1. The predicted octanol–water partition coefficient (Wildman–Crippen LogP) is 4.01. The van der Waals surface area contributed by atoms with Crippen molar-refractivity contribution in [2.45, 2.75) is 36.4 Å². The zero-order valence-electron chi connectivity index (χ0n) is 15.6. The van der Waals surface area contributed by atoms with Gasteiger partial charge in [-0.1, -0.05) is 23.8 Å². The molecule has 0 aromatic heterocycles. The third-order valence-electron chi connectivity index (χ3n) is 5.62. The molecular formula is C20H21F3N2O2S. The van der Waals surface area contributed by atoms with Crippen LogP contribution in [-0.2, 0) is 16.2 Å². The lowest BCUT2D eigenvalue weighted by Gasteiger charge is -2.36. The summed E-state index contributed by atoms with van der Waals surface area (Å²) in [7, 11) is -2.13. The van der Waals surface area contributed by atoms with Crippen LogP contribution in [0.25, 0.3) is 0 Å². The average molecular weight is 410 g/mol. The fourth-order valence-corrected chi connectivity index (χ4v) is 6.08. The number of likely N-dealkylation sites (N-methyl/N-ethyl adjacent to an activating group) is 1. The lowest BCUT2D eigenvalue weighted by molar-refractivity contribution is -0.137. The van der Waals surface area contributed by atoms with Crippen molar-refractivity contribution in [2.24, 2.45) is 0 Å². The largest absolute Gasteiger partial charge is 0.416 e. The van der Waals surface area contributed by atoms with E-state index < -0.39 is 21.8 Å². The van der Waals surface area contributed by atoms with Gasteiger partial charge in [0.1, 0.15) is 0 Å². The van der Waals surface area contributed by atoms with E-state index in [-0.39, 0.29) is 16.9 Å². The normalized spacial score (nSPS) is 22.8. The van der Waals surface area contributed by atoms with E-state index in [2.05, 4.69) is 4.90 Å². The zero-order chi connectivity index (χ0) is 20.3. The number of halogens is 3. The van der Waals surface area contributed by atoms with Gasteiger partial charge in [-0.25, -0.2) is 8.42 Å². The monoisotopic (exact) mass is 410 g/mol. The summed E-state index contributed by atoms with van der Waals surface area (Å²) in [6.45, 7) is 3.41. The van der Waals surface area contributed by atoms with Crippen LogP contribution in [0.5, 0.6) is 0 Å². The first kappa shape index (κ1) is 19.3. The summed E-state index contributed by atoms with van der Waals surface area (Å²) in [5.41, 5.74) is 1.60. The van der Waals surface area contributed by atoms with Crippen LogP contribution < -0.4 is 4.31 Å². The fraction of sp³-hybridized carbons (Fsp3) is 0.400. The maximum absolute atomic E-state index is 13.4. The van der Waals surface area contributed by atoms with E-state index in [9.17, 15) is 21.6 Å². The summed E-state index contributed by atoms with van der Waals surface area (Å²) < 4.78 is 67.6. The van der Waals surface area contributed by atoms with E-state index in [0.717, 1.165) is 42.4 Å². The van der Waals surface area contributed by atoms with Gasteiger partial charge in [0.2, 0.25) is 0 Å². The Morgan fingerprint density at radius 3 is 2.57 bits per heavy atom. The van der Waals surface area contributed by atoms with Gasteiger partial charge in [0.15, 0.2) is 0 Å². The molecule has 0 amide bonds. The Bertz CT molecular complexity index is 1020. The van der Waals surface area contributed by atoms with Gasteiger partial charge in [-0.3, -0.25) is 4.31 Å².